The van der Waals surface area contributed by atoms with Crippen molar-refractivity contribution >= 4 is 22.2 Å². The van der Waals surface area contributed by atoms with Crippen molar-refractivity contribution in [2.75, 3.05) is 29.7 Å². The van der Waals surface area contributed by atoms with Crippen LogP contribution in [0, 0.1) is 0 Å². The minimum atomic E-state index is -0.821. The standard InChI is InChI=1S/C13H22N2O2S/c1-4-8-17-12-7-5-6-11(13(12)14)15-10(2)9-18(3)16/h5-7,10,15H,4,8-9,14H2,1-3H3. The molecule has 102 valence electrons. The Morgan fingerprint density at radius 1 is 1.50 bits per heavy atom. The number of para-hydroxylation sites is 1. The summed E-state index contributed by atoms with van der Waals surface area (Å²) in [7, 11) is -0.821. The first-order chi connectivity index (χ1) is 8.54. The zero-order chi connectivity index (χ0) is 13.5. The summed E-state index contributed by atoms with van der Waals surface area (Å²) in [5.41, 5.74) is 7.49. The smallest absolute Gasteiger partial charge is 0.144 e. The first-order valence-electron chi connectivity index (χ1n) is 6.12. The molecule has 2 unspecified atom stereocenters. The van der Waals surface area contributed by atoms with Gasteiger partial charge in [0.1, 0.15) is 5.75 Å². The van der Waals surface area contributed by atoms with Gasteiger partial charge in [0.15, 0.2) is 0 Å². The summed E-state index contributed by atoms with van der Waals surface area (Å²) < 4.78 is 16.7. The maximum absolute atomic E-state index is 11.2. The summed E-state index contributed by atoms with van der Waals surface area (Å²) in [6.45, 7) is 4.69. The summed E-state index contributed by atoms with van der Waals surface area (Å²) in [5, 5.41) is 3.26. The van der Waals surface area contributed by atoms with Gasteiger partial charge in [-0.25, -0.2) is 0 Å². The number of nitrogen functional groups attached to an aromatic ring is 1. The average molecular weight is 270 g/mol. The van der Waals surface area contributed by atoms with Crippen LogP contribution in [0.25, 0.3) is 0 Å². The molecule has 0 bridgehead atoms. The molecule has 4 nitrogen and oxygen atoms in total. The van der Waals surface area contributed by atoms with Crippen LogP contribution in [0.1, 0.15) is 20.3 Å². The number of hydrogen-bond acceptors (Lipinski definition) is 4. The Kier molecular flexibility index (Phi) is 5.98. The molecular formula is C13H22N2O2S. The molecule has 1 aromatic rings. The van der Waals surface area contributed by atoms with Crippen molar-refractivity contribution < 1.29 is 8.95 Å². The molecule has 0 fully saturated rings. The largest absolute Gasteiger partial charge is 0.491 e. The second-order valence-corrected chi connectivity index (χ2v) is 5.83. The van der Waals surface area contributed by atoms with Crippen LogP contribution in [-0.2, 0) is 10.8 Å². The Morgan fingerprint density at radius 3 is 2.83 bits per heavy atom. The Balaban J connectivity index is 2.73. The highest BCUT2D eigenvalue weighted by Gasteiger charge is 2.09. The third kappa shape index (κ3) is 4.56. The summed E-state index contributed by atoms with van der Waals surface area (Å²) in [5.74, 6) is 1.30. The van der Waals surface area contributed by atoms with E-state index in [9.17, 15) is 4.21 Å². The van der Waals surface area contributed by atoms with Crippen molar-refractivity contribution in [2.24, 2.45) is 0 Å². The van der Waals surface area contributed by atoms with Crippen molar-refractivity contribution in [2.45, 2.75) is 26.3 Å². The van der Waals surface area contributed by atoms with E-state index in [1.54, 1.807) is 6.26 Å². The lowest BCUT2D eigenvalue weighted by Crippen LogP contribution is -2.22. The van der Waals surface area contributed by atoms with Gasteiger partial charge >= 0.3 is 0 Å². The van der Waals surface area contributed by atoms with Gasteiger partial charge in [-0.15, -0.1) is 0 Å². The molecule has 1 aromatic carbocycles. The number of ether oxygens (including phenoxy) is 1. The molecule has 0 aromatic heterocycles. The lowest BCUT2D eigenvalue weighted by Gasteiger charge is -2.17. The number of hydrogen-bond donors (Lipinski definition) is 2. The fourth-order valence-corrected chi connectivity index (χ4v) is 2.45. The van der Waals surface area contributed by atoms with Gasteiger partial charge in [-0.05, 0) is 25.5 Å². The molecule has 1 rings (SSSR count). The zero-order valence-electron chi connectivity index (χ0n) is 11.2. The molecule has 5 heteroatoms. The molecule has 3 N–H and O–H groups in total. The molecule has 0 aliphatic heterocycles. The SMILES string of the molecule is CCCOc1cccc(NC(C)CS(C)=O)c1N. The van der Waals surface area contributed by atoms with E-state index in [0.29, 0.717) is 23.8 Å². The number of rotatable bonds is 7. The second-order valence-electron chi connectivity index (χ2n) is 4.35. The summed E-state index contributed by atoms with van der Waals surface area (Å²) in [6, 6.07) is 5.78. The van der Waals surface area contributed by atoms with Crippen molar-refractivity contribution in [3.8, 4) is 5.75 Å². The topological polar surface area (TPSA) is 64.3 Å². The molecule has 0 amide bonds. The normalized spacial score (nSPS) is 13.9. The fraction of sp³-hybridized carbons (Fsp3) is 0.538. The third-order valence-electron chi connectivity index (χ3n) is 2.41. The number of nitrogens with two attached hydrogens (primary N) is 1. The molecule has 0 saturated heterocycles. The highest BCUT2D eigenvalue weighted by molar-refractivity contribution is 7.84. The highest BCUT2D eigenvalue weighted by atomic mass is 32.2. The quantitative estimate of drug-likeness (QED) is 0.746. The molecule has 18 heavy (non-hydrogen) atoms. The molecule has 0 saturated carbocycles. The van der Waals surface area contributed by atoms with Gasteiger partial charge in [0.25, 0.3) is 0 Å². The van der Waals surface area contributed by atoms with Crippen molar-refractivity contribution in [3.05, 3.63) is 18.2 Å². The molecular weight excluding hydrogens is 248 g/mol. The van der Waals surface area contributed by atoms with E-state index < -0.39 is 10.8 Å². The minimum Gasteiger partial charge on any atom is -0.491 e. The van der Waals surface area contributed by atoms with E-state index in [-0.39, 0.29) is 6.04 Å². The van der Waals surface area contributed by atoms with Crippen LogP contribution in [0.4, 0.5) is 11.4 Å². The Bertz CT molecular complexity index is 410. The number of anilines is 2. The van der Waals surface area contributed by atoms with E-state index in [2.05, 4.69) is 12.2 Å². The van der Waals surface area contributed by atoms with Crippen LogP contribution in [0.3, 0.4) is 0 Å². The van der Waals surface area contributed by atoms with Crippen molar-refractivity contribution in [1.82, 2.24) is 0 Å². The molecule has 0 radical (unpaired) electrons. The lowest BCUT2D eigenvalue weighted by atomic mass is 10.2. The van der Waals surface area contributed by atoms with Gasteiger partial charge in [-0.1, -0.05) is 13.0 Å². The van der Waals surface area contributed by atoms with Gasteiger partial charge in [-0.3, -0.25) is 4.21 Å². The van der Waals surface area contributed by atoms with Crippen LogP contribution >= 0.6 is 0 Å². The van der Waals surface area contributed by atoms with Gasteiger partial charge in [0.2, 0.25) is 0 Å². The monoisotopic (exact) mass is 270 g/mol. The third-order valence-corrected chi connectivity index (χ3v) is 3.38. The van der Waals surface area contributed by atoms with Crippen LogP contribution in [-0.4, -0.2) is 28.9 Å². The fourth-order valence-electron chi connectivity index (χ4n) is 1.67. The Hall–Kier alpha value is -1.23. The van der Waals surface area contributed by atoms with Crippen molar-refractivity contribution in [1.29, 1.82) is 0 Å². The van der Waals surface area contributed by atoms with Crippen molar-refractivity contribution in [3.63, 3.8) is 0 Å². The predicted molar refractivity (Wildman–Crippen MR) is 78.7 cm³/mol. The average Bonchev–Trinajstić information content (AvgIpc) is 2.29. The summed E-state index contributed by atoms with van der Waals surface area (Å²) in [4.78, 5) is 0. The van der Waals surface area contributed by atoms with Crippen LogP contribution in [0.2, 0.25) is 0 Å². The van der Waals surface area contributed by atoms with E-state index in [1.807, 2.05) is 25.1 Å². The lowest BCUT2D eigenvalue weighted by molar-refractivity contribution is 0.319. The molecule has 0 heterocycles. The number of benzene rings is 1. The summed E-state index contributed by atoms with van der Waals surface area (Å²) in [6.07, 6.45) is 2.64. The zero-order valence-corrected chi connectivity index (χ0v) is 12.0. The van der Waals surface area contributed by atoms with Crippen LogP contribution in [0.15, 0.2) is 18.2 Å². The second kappa shape index (κ2) is 7.26. The molecule has 0 spiro atoms. The Morgan fingerprint density at radius 2 is 2.22 bits per heavy atom. The van der Waals surface area contributed by atoms with E-state index in [0.717, 1.165) is 12.1 Å². The predicted octanol–water partition coefficient (Wildman–Crippen LogP) is 2.24. The molecule has 2 atom stereocenters. The summed E-state index contributed by atoms with van der Waals surface area (Å²) >= 11 is 0. The van der Waals surface area contributed by atoms with Gasteiger partial charge in [0.05, 0.1) is 18.0 Å². The van der Waals surface area contributed by atoms with E-state index in [4.69, 9.17) is 10.5 Å². The molecule has 0 aliphatic carbocycles. The number of nitrogens with one attached hydrogen (secondary N) is 1. The first kappa shape index (κ1) is 14.8. The van der Waals surface area contributed by atoms with Gasteiger partial charge in [-0.2, -0.15) is 0 Å². The highest BCUT2D eigenvalue weighted by Crippen LogP contribution is 2.29. The first-order valence-corrected chi connectivity index (χ1v) is 7.85. The van der Waals surface area contributed by atoms with Gasteiger partial charge < -0.3 is 15.8 Å². The van der Waals surface area contributed by atoms with Gasteiger partial charge in [0, 0.05) is 28.9 Å². The van der Waals surface area contributed by atoms with Crippen LogP contribution < -0.4 is 15.8 Å². The Labute approximate surface area is 111 Å². The maximum Gasteiger partial charge on any atom is 0.144 e. The maximum atomic E-state index is 11.2. The minimum absolute atomic E-state index is 0.111. The van der Waals surface area contributed by atoms with Crippen LogP contribution in [0.5, 0.6) is 5.75 Å². The van der Waals surface area contributed by atoms with E-state index in [1.165, 1.54) is 0 Å². The molecule has 0 aliphatic rings. The van der Waals surface area contributed by atoms with E-state index >= 15 is 0 Å².